The first-order valence-electron chi connectivity index (χ1n) is 9.82. The van der Waals surface area contributed by atoms with Gasteiger partial charge in [0.25, 0.3) is 5.91 Å². The van der Waals surface area contributed by atoms with E-state index in [-0.39, 0.29) is 11.4 Å². The molecule has 0 radical (unpaired) electrons. The van der Waals surface area contributed by atoms with Crippen LogP contribution >= 0.6 is 0 Å². The standard InChI is InChI=1S/C22H27N5O/c1-22(2,3)27-20(18-7-8-18)12-19(25-27)21(28)24-13-16-5-4-6-17(11-16)14-26-10-9-23-15-26/h4-6,9-12,15,18H,7-8,13-14H2,1-3H3,(H,24,28). The minimum atomic E-state index is -0.127. The Labute approximate surface area is 165 Å². The van der Waals surface area contributed by atoms with E-state index < -0.39 is 0 Å². The van der Waals surface area contributed by atoms with E-state index in [4.69, 9.17) is 0 Å². The van der Waals surface area contributed by atoms with Gasteiger partial charge in [0.05, 0.1) is 11.9 Å². The number of nitrogens with one attached hydrogen (secondary N) is 1. The Morgan fingerprint density at radius 3 is 2.68 bits per heavy atom. The molecule has 1 aromatic carbocycles. The second kappa shape index (κ2) is 7.26. The van der Waals surface area contributed by atoms with E-state index in [0.717, 1.165) is 12.1 Å². The highest BCUT2D eigenvalue weighted by molar-refractivity contribution is 5.92. The maximum absolute atomic E-state index is 12.7. The summed E-state index contributed by atoms with van der Waals surface area (Å²) >= 11 is 0. The Balaban J connectivity index is 1.43. The molecule has 146 valence electrons. The molecular formula is C22H27N5O. The molecule has 0 saturated heterocycles. The topological polar surface area (TPSA) is 64.7 Å². The van der Waals surface area contributed by atoms with Gasteiger partial charge in [-0.25, -0.2) is 4.98 Å². The molecule has 6 heteroatoms. The fraction of sp³-hybridized carbons (Fsp3) is 0.409. The monoisotopic (exact) mass is 377 g/mol. The maximum Gasteiger partial charge on any atom is 0.272 e. The first kappa shape index (κ1) is 18.5. The lowest BCUT2D eigenvalue weighted by Crippen LogP contribution is -2.27. The molecule has 1 saturated carbocycles. The van der Waals surface area contributed by atoms with Crippen LogP contribution in [0.2, 0.25) is 0 Å². The van der Waals surface area contributed by atoms with E-state index in [1.54, 1.807) is 12.5 Å². The van der Waals surface area contributed by atoms with Crippen LogP contribution in [-0.4, -0.2) is 25.2 Å². The number of aromatic nitrogens is 4. The molecule has 0 aliphatic heterocycles. The second-order valence-corrected chi connectivity index (χ2v) is 8.55. The molecular weight excluding hydrogens is 350 g/mol. The normalized spacial score (nSPS) is 14.2. The fourth-order valence-corrected chi connectivity index (χ4v) is 3.42. The summed E-state index contributed by atoms with van der Waals surface area (Å²) in [6.07, 6.45) is 7.89. The number of benzene rings is 1. The highest BCUT2D eigenvalue weighted by atomic mass is 16.1. The quantitative estimate of drug-likeness (QED) is 0.712. The molecule has 2 aromatic heterocycles. The molecule has 1 amide bonds. The van der Waals surface area contributed by atoms with Crippen LogP contribution in [0.4, 0.5) is 0 Å². The van der Waals surface area contributed by atoms with Crippen LogP contribution in [0.5, 0.6) is 0 Å². The Morgan fingerprint density at radius 1 is 1.21 bits per heavy atom. The number of amides is 1. The zero-order chi connectivity index (χ0) is 19.7. The Hall–Kier alpha value is -2.89. The van der Waals surface area contributed by atoms with Crippen molar-refractivity contribution >= 4 is 5.91 Å². The van der Waals surface area contributed by atoms with E-state index in [2.05, 4.69) is 48.3 Å². The van der Waals surface area contributed by atoms with Crippen molar-refractivity contribution in [3.05, 3.63) is 71.6 Å². The summed E-state index contributed by atoms with van der Waals surface area (Å²) in [6, 6.07) is 10.2. The summed E-state index contributed by atoms with van der Waals surface area (Å²) in [5.74, 6) is 0.429. The Kier molecular flexibility index (Phi) is 4.79. The number of nitrogens with zero attached hydrogens (tertiary/aromatic N) is 4. The molecule has 1 fully saturated rings. The first-order chi connectivity index (χ1) is 13.4. The lowest BCUT2D eigenvalue weighted by Gasteiger charge is -2.22. The fourth-order valence-electron chi connectivity index (χ4n) is 3.42. The summed E-state index contributed by atoms with van der Waals surface area (Å²) < 4.78 is 4.04. The van der Waals surface area contributed by atoms with Crippen LogP contribution in [0, 0.1) is 0 Å². The first-order valence-corrected chi connectivity index (χ1v) is 9.82. The van der Waals surface area contributed by atoms with Crippen molar-refractivity contribution in [3.8, 4) is 0 Å². The largest absolute Gasteiger partial charge is 0.347 e. The summed E-state index contributed by atoms with van der Waals surface area (Å²) in [5, 5.41) is 7.64. The summed E-state index contributed by atoms with van der Waals surface area (Å²) in [7, 11) is 0. The number of imidazole rings is 1. The van der Waals surface area contributed by atoms with Crippen molar-refractivity contribution in [1.82, 2.24) is 24.6 Å². The number of hydrogen-bond acceptors (Lipinski definition) is 3. The molecule has 3 aromatic rings. The van der Waals surface area contributed by atoms with E-state index in [1.807, 2.05) is 33.6 Å². The van der Waals surface area contributed by atoms with Crippen molar-refractivity contribution in [3.63, 3.8) is 0 Å². The third kappa shape index (κ3) is 4.16. The maximum atomic E-state index is 12.7. The van der Waals surface area contributed by atoms with Crippen LogP contribution in [-0.2, 0) is 18.6 Å². The van der Waals surface area contributed by atoms with Crippen molar-refractivity contribution in [1.29, 1.82) is 0 Å². The van der Waals surface area contributed by atoms with Crippen LogP contribution in [0.25, 0.3) is 0 Å². The van der Waals surface area contributed by atoms with Gasteiger partial charge in [-0.05, 0) is 50.8 Å². The molecule has 28 heavy (non-hydrogen) atoms. The average Bonchev–Trinajstić information content (AvgIpc) is 3.17. The smallest absolute Gasteiger partial charge is 0.272 e. The van der Waals surface area contributed by atoms with Gasteiger partial charge < -0.3 is 9.88 Å². The predicted molar refractivity (Wildman–Crippen MR) is 108 cm³/mol. The van der Waals surface area contributed by atoms with Crippen molar-refractivity contribution in [2.24, 2.45) is 0 Å². The van der Waals surface area contributed by atoms with Gasteiger partial charge >= 0.3 is 0 Å². The van der Waals surface area contributed by atoms with E-state index in [0.29, 0.717) is 18.2 Å². The van der Waals surface area contributed by atoms with Crippen molar-refractivity contribution < 1.29 is 4.79 Å². The number of hydrogen-bond donors (Lipinski definition) is 1. The molecule has 4 rings (SSSR count). The third-order valence-electron chi connectivity index (χ3n) is 4.97. The molecule has 1 N–H and O–H groups in total. The molecule has 0 spiro atoms. The van der Waals surface area contributed by atoms with Gasteiger partial charge in [0, 0.05) is 37.1 Å². The van der Waals surface area contributed by atoms with E-state index in [9.17, 15) is 4.79 Å². The van der Waals surface area contributed by atoms with Crippen LogP contribution in [0.15, 0.2) is 49.1 Å². The Bertz CT molecular complexity index is 961. The predicted octanol–water partition coefficient (Wildman–Crippen LogP) is 3.69. The molecule has 0 atom stereocenters. The number of carbonyl (C=O) groups excluding carboxylic acids is 1. The van der Waals surface area contributed by atoms with Gasteiger partial charge in [0.15, 0.2) is 0 Å². The van der Waals surface area contributed by atoms with Gasteiger partial charge in [-0.2, -0.15) is 5.10 Å². The minimum Gasteiger partial charge on any atom is -0.347 e. The second-order valence-electron chi connectivity index (χ2n) is 8.55. The summed E-state index contributed by atoms with van der Waals surface area (Å²) in [5.41, 5.74) is 3.81. The van der Waals surface area contributed by atoms with Gasteiger partial charge in [0.2, 0.25) is 0 Å². The lowest BCUT2D eigenvalue weighted by molar-refractivity contribution is 0.0944. The molecule has 6 nitrogen and oxygen atoms in total. The summed E-state index contributed by atoms with van der Waals surface area (Å²) in [6.45, 7) is 7.62. The number of rotatable bonds is 6. The van der Waals surface area contributed by atoms with Gasteiger partial charge in [-0.3, -0.25) is 9.48 Å². The molecule has 1 aliphatic rings. The van der Waals surface area contributed by atoms with E-state index in [1.165, 1.54) is 24.1 Å². The SMILES string of the molecule is CC(C)(C)n1nc(C(=O)NCc2cccc(Cn3ccnc3)c2)cc1C1CC1. The van der Waals surface area contributed by atoms with Crippen molar-refractivity contribution in [2.75, 3.05) is 0 Å². The van der Waals surface area contributed by atoms with Gasteiger partial charge in [-0.1, -0.05) is 24.3 Å². The zero-order valence-corrected chi connectivity index (χ0v) is 16.7. The molecule has 2 heterocycles. The molecule has 1 aliphatic carbocycles. The summed E-state index contributed by atoms with van der Waals surface area (Å²) in [4.78, 5) is 16.8. The Morgan fingerprint density at radius 2 is 2.00 bits per heavy atom. The van der Waals surface area contributed by atoms with Crippen molar-refractivity contribution in [2.45, 2.75) is 58.2 Å². The number of carbonyl (C=O) groups is 1. The lowest BCUT2D eigenvalue weighted by atomic mass is 10.1. The highest BCUT2D eigenvalue weighted by Gasteiger charge is 2.32. The average molecular weight is 377 g/mol. The zero-order valence-electron chi connectivity index (χ0n) is 16.7. The van der Waals surface area contributed by atoms with Crippen LogP contribution < -0.4 is 5.32 Å². The molecule has 0 unspecified atom stereocenters. The highest BCUT2D eigenvalue weighted by Crippen LogP contribution is 2.41. The van der Waals surface area contributed by atoms with Gasteiger partial charge in [0.1, 0.15) is 5.69 Å². The van der Waals surface area contributed by atoms with Gasteiger partial charge in [-0.15, -0.1) is 0 Å². The minimum absolute atomic E-state index is 0.120. The van der Waals surface area contributed by atoms with E-state index >= 15 is 0 Å². The van der Waals surface area contributed by atoms with Crippen LogP contribution in [0.1, 0.15) is 66.8 Å². The molecule has 0 bridgehead atoms. The third-order valence-corrected chi connectivity index (χ3v) is 4.97. The van der Waals surface area contributed by atoms with Crippen LogP contribution in [0.3, 0.4) is 0 Å².